The Kier molecular flexibility index (Phi) is 5.60. The molecule has 0 aliphatic rings. The zero-order valence-electron chi connectivity index (χ0n) is 16.6. The second kappa shape index (κ2) is 8.11. The lowest BCUT2D eigenvalue weighted by molar-refractivity contribution is -0.144. The van der Waals surface area contributed by atoms with E-state index in [4.69, 9.17) is 11.6 Å². The summed E-state index contributed by atoms with van der Waals surface area (Å²) < 4.78 is 63.7. The summed E-state index contributed by atoms with van der Waals surface area (Å²) in [4.78, 5) is 6.34. The van der Waals surface area contributed by atoms with E-state index in [1.165, 1.54) is 6.07 Å². The second-order valence-electron chi connectivity index (χ2n) is 7.16. The molecule has 0 atom stereocenters. The van der Waals surface area contributed by atoms with Crippen LogP contribution in [0.25, 0.3) is 33.6 Å². The minimum absolute atomic E-state index is 0.113. The van der Waals surface area contributed by atoms with E-state index >= 15 is 0 Å². The summed E-state index contributed by atoms with van der Waals surface area (Å²) in [6, 6.07) is 19.7. The summed E-state index contributed by atoms with van der Waals surface area (Å²) in [7, 11) is -3.37. The molecule has 0 fully saturated rings. The van der Waals surface area contributed by atoms with Crippen molar-refractivity contribution in [2.75, 3.05) is 6.26 Å². The first-order valence-electron chi connectivity index (χ1n) is 9.37. The Morgan fingerprint density at radius 1 is 0.875 bits per heavy atom. The molecular formula is C23H16ClF3N2O2S. The Bertz CT molecular complexity index is 1400. The summed E-state index contributed by atoms with van der Waals surface area (Å²) >= 11 is 6.22. The van der Waals surface area contributed by atoms with E-state index in [1.807, 2.05) is 0 Å². The third-order valence-electron chi connectivity index (χ3n) is 4.87. The number of aromatic nitrogens is 2. The van der Waals surface area contributed by atoms with E-state index in [9.17, 15) is 21.6 Å². The minimum atomic E-state index is -4.65. The molecule has 9 heteroatoms. The molecule has 0 spiro atoms. The molecule has 1 N–H and O–H groups in total. The molecule has 0 bridgehead atoms. The second-order valence-corrected chi connectivity index (χ2v) is 9.59. The fourth-order valence-electron chi connectivity index (χ4n) is 3.30. The van der Waals surface area contributed by atoms with Gasteiger partial charge in [-0.2, -0.15) is 13.2 Å². The number of nitrogens with zero attached hydrogens (tertiary/aromatic N) is 1. The molecule has 32 heavy (non-hydrogen) atoms. The summed E-state index contributed by atoms with van der Waals surface area (Å²) in [5.74, 6) is -1.12. The Morgan fingerprint density at radius 2 is 1.53 bits per heavy atom. The molecule has 164 valence electrons. The van der Waals surface area contributed by atoms with Crippen LogP contribution in [0.2, 0.25) is 5.02 Å². The molecule has 3 aromatic carbocycles. The molecule has 4 rings (SSSR count). The topological polar surface area (TPSA) is 62.8 Å². The molecule has 1 heterocycles. The van der Waals surface area contributed by atoms with Crippen molar-refractivity contribution >= 4 is 21.4 Å². The van der Waals surface area contributed by atoms with Crippen molar-refractivity contribution in [2.45, 2.75) is 11.1 Å². The van der Waals surface area contributed by atoms with Crippen LogP contribution in [-0.4, -0.2) is 24.6 Å². The van der Waals surface area contributed by atoms with Gasteiger partial charge in [-0.15, -0.1) is 0 Å². The number of hydrogen-bond acceptors (Lipinski definition) is 3. The largest absolute Gasteiger partial charge is 0.449 e. The van der Waals surface area contributed by atoms with Crippen LogP contribution in [0.3, 0.4) is 0 Å². The van der Waals surface area contributed by atoms with Gasteiger partial charge < -0.3 is 4.98 Å². The third-order valence-corrected chi connectivity index (χ3v) is 6.31. The summed E-state index contributed by atoms with van der Waals surface area (Å²) in [6.45, 7) is 0. The number of benzene rings is 3. The first kappa shape index (κ1) is 22.1. The van der Waals surface area contributed by atoms with E-state index in [0.717, 1.165) is 6.26 Å². The predicted molar refractivity (Wildman–Crippen MR) is 118 cm³/mol. The number of imidazole rings is 1. The summed E-state index contributed by atoms with van der Waals surface area (Å²) in [5, 5.41) is 0.292. The highest BCUT2D eigenvalue weighted by atomic mass is 35.5. The molecule has 0 saturated carbocycles. The summed E-state index contributed by atoms with van der Waals surface area (Å²) in [6.07, 6.45) is -3.53. The number of rotatable bonds is 4. The smallest absolute Gasteiger partial charge is 0.334 e. The van der Waals surface area contributed by atoms with Crippen molar-refractivity contribution in [1.82, 2.24) is 9.97 Å². The van der Waals surface area contributed by atoms with Gasteiger partial charge in [0.05, 0.1) is 16.3 Å². The van der Waals surface area contributed by atoms with E-state index in [1.54, 1.807) is 66.7 Å². The number of nitrogens with one attached hydrogen (secondary N) is 1. The number of aromatic amines is 1. The molecule has 0 aliphatic heterocycles. The average Bonchev–Trinajstić information content (AvgIpc) is 3.19. The standard InChI is InChI=1S/C23H16ClF3N2O2S/c1-32(30,31)17-6-4-5-16(13-17)14-9-11-15(12-10-14)20-21(18-7-2-3-8-19(18)24)29-22(28-20)23(25,26)27/h2-13H,1H3,(H,28,29). The highest BCUT2D eigenvalue weighted by molar-refractivity contribution is 7.90. The van der Waals surface area contributed by atoms with Crippen LogP contribution in [0.15, 0.2) is 77.7 Å². The van der Waals surface area contributed by atoms with Gasteiger partial charge in [-0.3, -0.25) is 0 Å². The van der Waals surface area contributed by atoms with Gasteiger partial charge in [0.15, 0.2) is 9.84 Å². The van der Waals surface area contributed by atoms with Gasteiger partial charge >= 0.3 is 6.18 Å². The van der Waals surface area contributed by atoms with Crippen LogP contribution in [-0.2, 0) is 16.0 Å². The number of sulfone groups is 1. The van der Waals surface area contributed by atoms with Gasteiger partial charge in [-0.05, 0) is 29.3 Å². The lowest BCUT2D eigenvalue weighted by Gasteiger charge is -2.08. The maximum Gasteiger partial charge on any atom is 0.449 e. The van der Waals surface area contributed by atoms with E-state index < -0.39 is 21.8 Å². The quantitative estimate of drug-likeness (QED) is 0.366. The van der Waals surface area contributed by atoms with Crippen molar-refractivity contribution < 1.29 is 21.6 Å². The highest BCUT2D eigenvalue weighted by Gasteiger charge is 2.36. The van der Waals surface area contributed by atoms with Crippen LogP contribution in [0.1, 0.15) is 5.82 Å². The van der Waals surface area contributed by atoms with Crippen LogP contribution in [0, 0.1) is 0 Å². The monoisotopic (exact) mass is 476 g/mol. The predicted octanol–water partition coefficient (Wildman–Crippen LogP) is 6.49. The maximum atomic E-state index is 13.4. The molecule has 0 amide bonds. The fourth-order valence-corrected chi connectivity index (χ4v) is 4.20. The van der Waals surface area contributed by atoms with Gasteiger partial charge in [0.25, 0.3) is 0 Å². The van der Waals surface area contributed by atoms with Gasteiger partial charge in [-0.25, -0.2) is 13.4 Å². The van der Waals surface area contributed by atoms with Crippen LogP contribution in [0.5, 0.6) is 0 Å². The first-order valence-corrected chi connectivity index (χ1v) is 11.6. The zero-order valence-corrected chi connectivity index (χ0v) is 18.2. The Labute approximate surface area is 187 Å². The molecule has 1 aromatic heterocycles. The molecule has 4 nitrogen and oxygen atoms in total. The molecule has 4 aromatic rings. The van der Waals surface area contributed by atoms with Crippen molar-refractivity contribution in [3.05, 3.63) is 83.6 Å². The van der Waals surface area contributed by atoms with E-state index in [-0.39, 0.29) is 16.3 Å². The lowest BCUT2D eigenvalue weighted by Crippen LogP contribution is -2.07. The average molecular weight is 477 g/mol. The Morgan fingerprint density at radius 3 is 2.16 bits per heavy atom. The first-order chi connectivity index (χ1) is 15.0. The molecule has 0 saturated heterocycles. The fraction of sp³-hybridized carbons (Fsp3) is 0.0870. The number of hydrogen-bond donors (Lipinski definition) is 1. The van der Waals surface area contributed by atoms with Gasteiger partial charge in [-0.1, -0.05) is 66.2 Å². The van der Waals surface area contributed by atoms with Crippen molar-refractivity contribution in [3.63, 3.8) is 0 Å². The highest BCUT2D eigenvalue weighted by Crippen LogP contribution is 2.38. The number of halogens is 4. The SMILES string of the molecule is CS(=O)(=O)c1cccc(-c2ccc(-c3nc(C(F)(F)F)[nH]c3-c3ccccc3Cl)cc2)c1. The Balaban J connectivity index is 1.80. The van der Waals surface area contributed by atoms with Gasteiger partial charge in [0.1, 0.15) is 0 Å². The van der Waals surface area contributed by atoms with Gasteiger partial charge in [0, 0.05) is 22.4 Å². The van der Waals surface area contributed by atoms with Crippen molar-refractivity contribution in [3.8, 4) is 33.6 Å². The normalized spacial score (nSPS) is 12.2. The van der Waals surface area contributed by atoms with E-state index in [0.29, 0.717) is 27.3 Å². The van der Waals surface area contributed by atoms with E-state index in [2.05, 4.69) is 9.97 Å². The van der Waals surface area contributed by atoms with Crippen molar-refractivity contribution in [2.24, 2.45) is 0 Å². The third kappa shape index (κ3) is 4.42. The maximum absolute atomic E-state index is 13.4. The molecule has 0 radical (unpaired) electrons. The number of H-pyrrole nitrogens is 1. The lowest BCUT2D eigenvalue weighted by atomic mass is 10.0. The van der Waals surface area contributed by atoms with Crippen molar-refractivity contribution in [1.29, 1.82) is 0 Å². The van der Waals surface area contributed by atoms with Crippen LogP contribution >= 0.6 is 11.6 Å². The number of alkyl halides is 3. The molecular weight excluding hydrogens is 461 g/mol. The van der Waals surface area contributed by atoms with Gasteiger partial charge in [0.2, 0.25) is 5.82 Å². The Hall–Kier alpha value is -3.10. The molecule has 0 unspecified atom stereocenters. The zero-order chi connectivity index (χ0) is 23.1. The van der Waals surface area contributed by atoms with Crippen LogP contribution < -0.4 is 0 Å². The van der Waals surface area contributed by atoms with Crippen LogP contribution in [0.4, 0.5) is 13.2 Å². The minimum Gasteiger partial charge on any atom is -0.334 e. The molecule has 0 aliphatic carbocycles. The summed E-state index contributed by atoms with van der Waals surface area (Å²) in [5.41, 5.74) is 2.51.